The van der Waals surface area contributed by atoms with E-state index in [-0.39, 0.29) is 11.9 Å². The lowest BCUT2D eigenvalue weighted by Gasteiger charge is -2.25. The molecule has 8 heteroatoms. The average Bonchev–Trinajstić information content (AvgIpc) is 3.16. The number of carbonyl (C=O) groups is 1. The van der Waals surface area contributed by atoms with Crippen molar-refractivity contribution in [3.8, 4) is 0 Å². The summed E-state index contributed by atoms with van der Waals surface area (Å²) in [6.45, 7) is 6.40. The number of nitrogens with zero attached hydrogens (tertiary/aromatic N) is 4. The van der Waals surface area contributed by atoms with Crippen molar-refractivity contribution in [1.82, 2.24) is 30.7 Å². The fourth-order valence-corrected chi connectivity index (χ4v) is 3.45. The van der Waals surface area contributed by atoms with Gasteiger partial charge in [0.25, 0.3) is 5.91 Å². The lowest BCUT2D eigenvalue weighted by Crippen LogP contribution is -2.47. The molecule has 1 aliphatic heterocycles. The lowest BCUT2D eigenvalue weighted by molar-refractivity contribution is 0.0963. The Morgan fingerprint density at radius 3 is 2.97 bits per heavy atom. The number of hydrogen-bond donors (Lipinski definition) is 3. The van der Waals surface area contributed by atoms with E-state index >= 15 is 0 Å². The normalized spacial score (nSPS) is 16.2. The highest BCUT2D eigenvalue weighted by Gasteiger charge is 2.22. The van der Waals surface area contributed by atoms with Crippen LogP contribution in [0, 0.1) is 0 Å². The highest BCUT2D eigenvalue weighted by atomic mass is 16.1. The van der Waals surface area contributed by atoms with Crippen molar-refractivity contribution < 1.29 is 4.79 Å². The van der Waals surface area contributed by atoms with Crippen LogP contribution in [0.5, 0.6) is 0 Å². The summed E-state index contributed by atoms with van der Waals surface area (Å²) in [7, 11) is 1.64. The predicted octanol–water partition coefficient (Wildman–Crippen LogP) is 1.31. The van der Waals surface area contributed by atoms with Crippen LogP contribution in [0.4, 0.5) is 0 Å². The summed E-state index contributed by atoms with van der Waals surface area (Å²) in [6, 6.07) is 7.97. The smallest absolute Gasteiger partial charge is 0.251 e. The number of hydrogen-bond acceptors (Lipinski definition) is 4. The molecular formula is C21H31N7O. The Morgan fingerprint density at radius 1 is 1.34 bits per heavy atom. The van der Waals surface area contributed by atoms with Crippen molar-refractivity contribution in [3.63, 3.8) is 0 Å². The van der Waals surface area contributed by atoms with Gasteiger partial charge in [-0.05, 0) is 37.5 Å². The number of rotatable bonds is 7. The highest BCUT2D eigenvalue weighted by Crippen LogP contribution is 2.13. The Morgan fingerprint density at radius 2 is 2.21 bits per heavy atom. The van der Waals surface area contributed by atoms with Crippen LogP contribution in [0.1, 0.15) is 47.8 Å². The van der Waals surface area contributed by atoms with Gasteiger partial charge in [-0.2, -0.15) is 5.10 Å². The van der Waals surface area contributed by atoms with Gasteiger partial charge in [0.05, 0.1) is 6.54 Å². The number of carbonyl (C=O) groups excluding carboxylic acids is 1. The van der Waals surface area contributed by atoms with Gasteiger partial charge in [0, 0.05) is 44.6 Å². The zero-order chi connectivity index (χ0) is 20.6. The molecule has 0 radical (unpaired) electrons. The molecule has 0 spiro atoms. The monoisotopic (exact) mass is 397 g/mol. The molecular weight excluding hydrogens is 366 g/mol. The van der Waals surface area contributed by atoms with E-state index in [1.54, 1.807) is 7.05 Å². The molecule has 2 heterocycles. The first-order valence-electron chi connectivity index (χ1n) is 10.4. The van der Waals surface area contributed by atoms with E-state index in [9.17, 15) is 4.79 Å². The zero-order valence-corrected chi connectivity index (χ0v) is 17.5. The van der Waals surface area contributed by atoms with E-state index in [0.717, 1.165) is 61.9 Å². The molecule has 3 rings (SSSR count). The van der Waals surface area contributed by atoms with E-state index in [4.69, 9.17) is 4.99 Å². The van der Waals surface area contributed by atoms with Crippen molar-refractivity contribution in [3.05, 3.63) is 47.0 Å². The number of aliphatic imine (C=N–C) groups is 1. The van der Waals surface area contributed by atoms with E-state index in [1.165, 1.54) is 0 Å². The maximum atomic E-state index is 11.8. The maximum absolute atomic E-state index is 11.8. The van der Waals surface area contributed by atoms with Crippen LogP contribution in [0.25, 0.3) is 0 Å². The van der Waals surface area contributed by atoms with Crippen LogP contribution >= 0.6 is 0 Å². The largest absolute Gasteiger partial charge is 0.357 e. The van der Waals surface area contributed by atoms with E-state index in [2.05, 4.69) is 39.9 Å². The van der Waals surface area contributed by atoms with Gasteiger partial charge in [-0.1, -0.05) is 19.1 Å². The number of aromatic nitrogens is 3. The van der Waals surface area contributed by atoms with Crippen LogP contribution in [-0.4, -0.2) is 52.8 Å². The molecule has 1 aliphatic rings. The molecule has 2 aromatic rings. The van der Waals surface area contributed by atoms with Gasteiger partial charge in [-0.3, -0.25) is 9.79 Å². The number of benzene rings is 1. The first-order chi connectivity index (χ1) is 14.1. The van der Waals surface area contributed by atoms with E-state index < -0.39 is 0 Å². The molecule has 0 aliphatic carbocycles. The van der Waals surface area contributed by atoms with Crippen molar-refractivity contribution in [2.75, 3.05) is 20.1 Å². The van der Waals surface area contributed by atoms with Gasteiger partial charge in [-0.25, -0.2) is 9.67 Å². The maximum Gasteiger partial charge on any atom is 0.251 e. The minimum atomic E-state index is -0.0682. The molecule has 1 atom stereocenters. The van der Waals surface area contributed by atoms with Gasteiger partial charge in [-0.15, -0.1) is 0 Å². The minimum absolute atomic E-state index is 0.0682. The molecule has 1 amide bonds. The SMILES string of the molecule is CCNC(=NCCc1cccc(C(=O)NC)c1)NC1CCc2nc(CC)nn2C1. The Kier molecular flexibility index (Phi) is 7.21. The molecule has 0 saturated carbocycles. The van der Waals surface area contributed by atoms with Crippen molar-refractivity contribution >= 4 is 11.9 Å². The summed E-state index contributed by atoms with van der Waals surface area (Å²) in [6.07, 6.45) is 3.58. The number of aryl methyl sites for hydroxylation is 2. The summed E-state index contributed by atoms with van der Waals surface area (Å²) < 4.78 is 2.02. The van der Waals surface area contributed by atoms with Gasteiger partial charge < -0.3 is 16.0 Å². The summed E-state index contributed by atoms with van der Waals surface area (Å²) in [4.78, 5) is 21.1. The quantitative estimate of drug-likeness (QED) is 0.484. The molecule has 1 aromatic carbocycles. The zero-order valence-electron chi connectivity index (χ0n) is 17.5. The third kappa shape index (κ3) is 5.56. The van der Waals surface area contributed by atoms with E-state index in [0.29, 0.717) is 12.1 Å². The van der Waals surface area contributed by atoms with Crippen molar-refractivity contribution in [2.24, 2.45) is 4.99 Å². The second kappa shape index (κ2) is 10.0. The second-order valence-corrected chi connectivity index (χ2v) is 7.15. The number of guanidine groups is 1. The summed E-state index contributed by atoms with van der Waals surface area (Å²) >= 11 is 0. The molecule has 29 heavy (non-hydrogen) atoms. The van der Waals surface area contributed by atoms with Crippen molar-refractivity contribution in [2.45, 2.75) is 52.1 Å². The third-order valence-electron chi connectivity index (χ3n) is 4.99. The van der Waals surface area contributed by atoms with Gasteiger partial charge in [0.2, 0.25) is 0 Å². The molecule has 1 unspecified atom stereocenters. The van der Waals surface area contributed by atoms with Crippen LogP contribution in [-0.2, 0) is 25.8 Å². The molecule has 0 bridgehead atoms. The fourth-order valence-electron chi connectivity index (χ4n) is 3.45. The minimum Gasteiger partial charge on any atom is -0.357 e. The number of nitrogens with one attached hydrogen (secondary N) is 3. The topological polar surface area (TPSA) is 96.2 Å². The number of amides is 1. The number of fused-ring (bicyclic) bond motifs is 1. The molecule has 3 N–H and O–H groups in total. The van der Waals surface area contributed by atoms with E-state index in [1.807, 2.05) is 28.9 Å². The van der Waals surface area contributed by atoms with Crippen molar-refractivity contribution in [1.29, 1.82) is 0 Å². The Hall–Kier alpha value is -2.90. The summed E-state index contributed by atoms with van der Waals surface area (Å²) in [5, 5.41) is 14.1. The predicted molar refractivity (Wildman–Crippen MR) is 114 cm³/mol. The first kappa shape index (κ1) is 20.8. The average molecular weight is 398 g/mol. The Balaban J connectivity index is 1.58. The Labute approximate surface area is 172 Å². The highest BCUT2D eigenvalue weighted by molar-refractivity contribution is 5.94. The molecule has 156 valence electrons. The molecule has 8 nitrogen and oxygen atoms in total. The standard InChI is InChI=1S/C21H31N7O/c1-4-18-26-19-10-9-17(14-28(19)27-18)25-21(23-5-2)24-12-11-15-7-6-8-16(13-15)20(29)22-3/h6-8,13,17H,4-5,9-12,14H2,1-3H3,(H,22,29)(H2,23,24,25). The molecule has 0 fully saturated rings. The second-order valence-electron chi connectivity index (χ2n) is 7.15. The fraction of sp³-hybridized carbons (Fsp3) is 0.524. The van der Waals surface area contributed by atoms with Gasteiger partial charge in [0.1, 0.15) is 5.82 Å². The van der Waals surface area contributed by atoms with Crippen LogP contribution in [0.2, 0.25) is 0 Å². The lowest BCUT2D eigenvalue weighted by atomic mass is 10.1. The molecule has 0 saturated heterocycles. The third-order valence-corrected chi connectivity index (χ3v) is 4.99. The van der Waals surface area contributed by atoms with Crippen LogP contribution < -0.4 is 16.0 Å². The molecule has 1 aromatic heterocycles. The summed E-state index contributed by atoms with van der Waals surface area (Å²) in [5.41, 5.74) is 1.78. The van der Waals surface area contributed by atoms with Crippen LogP contribution in [0.15, 0.2) is 29.3 Å². The summed E-state index contributed by atoms with van der Waals surface area (Å²) in [5.74, 6) is 2.75. The van der Waals surface area contributed by atoms with Gasteiger partial charge in [0.15, 0.2) is 11.8 Å². The first-order valence-corrected chi connectivity index (χ1v) is 10.4. The van der Waals surface area contributed by atoms with Crippen LogP contribution in [0.3, 0.4) is 0 Å². The Bertz CT molecular complexity index is 858. The van der Waals surface area contributed by atoms with Gasteiger partial charge >= 0.3 is 0 Å².